The van der Waals surface area contributed by atoms with Crippen molar-refractivity contribution in [2.75, 3.05) is 18.8 Å². The summed E-state index contributed by atoms with van der Waals surface area (Å²) in [5.41, 5.74) is 7.11. The summed E-state index contributed by atoms with van der Waals surface area (Å²) in [5.74, 6) is 0.691. The lowest BCUT2D eigenvalue weighted by molar-refractivity contribution is 0.0609. The van der Waals surface area contributed by atoms with Gasteiger partial charge >= 0.3 is 0 Å². The Balaban J connectivity index is 0.00000220. The van der Waals surface area contributed by atoms with E-state index in [0.29, 0.717) is 27.6 Å². The lowest BCUT2D eigenvalue weighted by Crippen LogP contribution is -2.41. The Bertz CT molecular complexity index is 503. The first kappa shape index (κ1) is 18.1. The minimum Gasteiger partial charge on any atom is -0.399 e. The molecule has 0 atom stereocenters. The van der Waals surface area contributed by atoms with Crippen molar-refractivity contribution in [1.29, 1.82) is 0 Å². The first-order valence-corrected chi connectivity index (χ1v) is 7.51. The Kier molecular flexibility index (Phi) is 5.94. The molecular weight excluding hydrogens is 307 g/mol. The van der Waals surface area contributed by atoms with Gasteiger partial charge in [-0.15, -0.1) is 12.4 Å². The highest BCUT2D eigenvalue weighted by molar-refractivity contribution is 6.34. The zero-order valence-electron chi connectivity index (χ0n) is 12.9. The number of carbonyl (C=O) groups excluding carboxylic acids is 1. The number of nitrogens with two attached hydrogens (primary N) is 1. The Labute approximate surface area is 138 Å². The second kappa shape index (κ2) is 6.89. The molecule has 1 aliphatic rings. The van der Waals surface area contributed by atoms with Crippen LogP contribution >= 0.6 is 24.0 Å². The normalized spacial score (nSPS) is 16.5. The zero-order chi connectivity index (χ0) is 14.9. The first-order chi connectivity index (χ1) is 9.29. The molecule has 0 bridgehead atoms. The summed E-state index contributed by atoms with van der Waals surface area (Å²) in [6, 6.07) is 5.08. The molecule has 1 amide bonds. The Morgan fingerprint density at radius 1 is 1.29 bits per heavy atom. The summed E-state index contributed by atoms with van der Waals surface area (Å²) >= 11 is 6.12. The fraction of sp³-hybridized carbons (Fsp3) is 0.562. The SMILES string of the molecule is CC(C)(C)C1CCN(C(=O)c2ccc(N)cc2Cl)CC1.Cl. The molecule has 5 heteroatoms. The molecule has 1 aromatic rings. The lowest BCUT2D eigenvalue weighted by Gasteiger charge is -2.38. The maximum atomic E-state index is 12.5. The molecule has 0 saturated carbocycles. The van der Waals surface area contributed by atoms with Gasteiger partial charge < -0.3 is 10.6 Å². The van der Waals surface area contributed by atoms with Crippen LogP contribution in [0.5, 0.6) is 0 Å². The van der Waals surface area contributed by atoms with E-state index in [4.69, 9.17) is 17.3 Å². The fourth-order valence-electron chi connectivity index (χ4n) is 2.82. The van der Waals surface area contributed by atoms with Crippen molar-refractivity contribution >= 4 is 35.6 Å². The topological polar surface area (TPSA) is 46.3 Å². The van der Waals surface area contributed by atoms with Gasteiger partial charge in [-0.05, 0) is 42.4 Å². The van der Waals surface area contributed by atoms with Crippen LogP contribution in [0.2, 0.25) is 5.02 Å². The summed E-state index contributed by atoms with van der Waals surface area (Å²) in [5, 5.41) is 0.438. The molecule has 2 N–H and O–H groups in total. The van der Waals surface area contributed by atoms with Crippen LogP contribution in [0.1, 0.15) is 44.0 Å². The van der Waals surface area contributed by atoms with E-state index in [0.717, 1.165) is 25.9 Å². The Morgan fingerprint density at radius 3 is 2.33 bits per heavy atom. The number of hydrogen-bond acceptors (Lipinski definition) is 2. The minimum absolute atomic E-state index is 0. The molecule has 1 fully saturated rings. The maximum absolute atomic E-state index is 12.5. The zero-order valence-corrected chi connectivity index (χ0v) is 14.4. The van der Waals surface area contributed by atoms with E-state index in [1.165, 1.54) is 0 Å². The number of anilines is 1. The second-order valence-electron chi connectivity index (χ2n) is 6.67. The van der Waals surface area contributed by atoms with Crippen LogP contribution in [-0.2, 0) is 0 Å². The molecular formula is C16H24Cl2N2O. The van der Waals surface area contributed by atoms with Crippen LogP contribution in [-0.4, -0.2) is 23.9 Å². The van der Waals surface area contributed by atoms with Gasteiger partial charge in [-0.1, -0.05) is 32.4 Å². The van der Waals surface area contributed by atoms with Crippen LogP contribution < -0.4 is 5.73 Å². The number of nitrogens with zero attached hydrogens (tertiary/aromatic N) is 1. The molecule has 0 aliphatic carbocycles. The van der Waals surface area contributed by atoms with Crippen LogP contribution in [0.3, 0.4) is 0 Å². The monoisotopic (exact) mass is 330 g/mol. The number of likely N-dealkylation sites (tertiary alicyclic amines) is 1. The minimum atomic E-state index is 0. The second-order valence-corrected chi connectivity index (χ2v) is 7.08. The summed E-state index contributed by atoms with van der Waals surface area (Å²) < 4.78 is 0. The van der Waals surface area contributed by atoms with Gasteiger partial charge in [-0.3, -0.25) is 4.79 Å². The van der Waals surface area contributed by atoms with Crippen molar-refractivity contribution in [2.24, 2.45) is 11.3 Å². The summed E-state index contributed by atoms with van der Waals surface area (Å²) in [6.07, 6.45) is 2.11. The van der Waals surface area contributed by atoms with Gasteiger partial charge in [0.15, 0.2) is 0 Å². The lowest BCUT2D eigenvalue weighted by atomic mass is 9.75. The van der Waals surface area contributed by atoms with Gasteiger partial charge in [-0.2, -0.15) is 0 Å². The van der Waals surface area contributed by atoms with E-state index in [1.807, 2.05) is 4.90 Å². The van der Waals surface area contributed by atoms with E-state index in [9.17, 15) is 4.79 Å². The fourth-order valence-corrected chi connectivity index (χ4v) is 3.09. The molecule has 3 nitrogen and oxygen atoms in total. The molecule has 118 valence electrons. The highest BCUT2D eigenvalue weighted by Crippen LogP contribution is 2.34. The highest BCUT2D eigenvalue weighted by Gasteiger charge is 2.31. The maximum Gasteiger partial charge on any atom is 0.255 e. The van der Waals surface area contributed by atoms with E-state index < -0.39 is 0 Å². The van der Waals surface area contributed by atoms with E-state index in [1.54, 1.807) is 18.2 Å². The third kappa shape index (κ3) is 4.27. The van der Waals surface area contributed by atoms with E-state index >= 15 is 0 Å². The van der Waals surface area contributed by atoms with Crippen molar-refractivity contribution in [1.82, 2.24) is 4.90 Å². The predicted molar refractivity (Wildman–Crippen MR) is 91.2 cm³/mol. The van der Waals surface area contributed by atoms with Crippen LogP contribution in [0.4, 0.5) is 5.69 Å². The molecule has 1 aromatic carbocycles. The molecule has 0 spiro atoms. The van der Waals surface area contributed by atoms with Crippen LogP contribution in [0.25, 0.3) is 0 Å². The van der Waals surface area contributed by atoms with Gasteiger partial charge in [0.05, 0.1) is 10.6 Å². The average molecular weight is 331 g/mol. The number of carbonyl (C=O) groups is 1. The molecule has 2 rings (SSSR count). The van der Waals surface area contributed by atoms with Crippen molar-refractivity contribution in [3.8, 4) is 0 Å². The number of amides is 1. The van der Waals surface area contributed by atoms with Gasteiger partial charge in [0.1, 0.15) is 0 Å². The number of benzene rings is 1. The standard InChI is InChI=1S/C16H23ClN2O.ClH/c1-16(2,3)11-6-8-19(9-7-11)15(20)13-5-4-12(18)10-14(13)17;/h4-5,10-11H,6-9,18H2,1-3H3;1H. The van der Waals surface area contributed by atoms with Crippen molar-refractivity contribution in [2.45, 2.75) is 33.6 Å². The van der Waals surface area contributed by atoms with Gasteiger partial charge in [0.2, 0.25) is 0 Å². The molecule has 0 unspecified atom stereocenters. The molecule has 0 radical (unpaired) electrons. The quantitative estimate of drug-likeness (QED) is 0.782. The molecule has 1 aliphatic heterocycles. The number of hydrogen-bond donors (Lipinski definition) is 1. The van der Waals surface area contributed by atoms with Crippen LogP contribution in [0.15, 0.2) is 18.2 Å². The van der Waals surface area contributed by atoms with Crippen molar-refractivity contribution < 1.29 is 4.79 Å². The molecule has 21 heavy (non-hydrogen) atoms. The van der Waals surface area contributed by atoms with Gasteiger partial charge in [-0.25, -0.2) is 0 Å². The largest absolute Gasteiger partial charge is 0.399 e. The summed E-state index contributed by atoms with van der Waals surface area (Å²) in [7, 11) is 0. The number of rotatable bonds is 1. The number of nitrogen functional groups attached to an aromatic ring is 1. The number of halogens is 2. The molecule has 1 heterocycles. The highest BCUT2D eigenvalue weighted by atomic mass is 35.5. The third-order valence-electron chi connectivity index (χ3n) is 4.23. The van der Waals surface area contributed by atoms with Crippen LogP contribution in [0, 0.1) is 11.3 Å². The third-order valence-corrected chi connectivity index (χ3v) is 4.54. The first-order valence-electron chi connectivity index (χ1n) is 7.13. The van der Waals surface area contributed by atoms with Gasteiger partial charge in [0.25, 0.3) is 5.91 Å². The predicted octanol–water partition coefficient (Wildman–Crippen LogP) is 4.24. The average Bonchev–Trinajstić information content (AvgIpc) is 2.37. The molecule has 0 aromatic heterocycles. The van der Waals surface area contributed by atoms with E-state index in [2.05, 4.69) is 20.8 Å². The smallest absolute Gasteiger partial charge is 0.255 e. The van der Waals surface area contributed by atoms with E-state index in [-0.39, 0.29) is 18.3 Å². The molecule has 1 saturated heterocycles. The van der Waals surface area contributed by atoms with Crippen molar-refractivity contribution in [3.05, 3.63) is 28.8 Å². The Hall–Kier alpha value is -0.930. The summed E-state index contributed by atoms with van der Waals surface area (Å²) in [4.78, 5) is 14.4. The summed E-state index contributed by atoms with van der Waals surface area (Å²) in [6.45, 7) is 8.42. The van der Waals surface area contributed by atoms with Crippen molar-refractivity contribution in [3.63, 3.8) is 0 Å². The number of piperidine rings is 1. The Morgan fingerprint density at radius 2 is 1.86 bits per heavy atom. The van der Waals surface area contributed by atoms with Gasteiger partial charge in [0, 0.05) is 18.8 Å².